The van der Waals surface area contributed by atoms with Crippen molar-refractivity contribution in [1.82, 2.24) is 10.2 Å². The average Bonchev–Trinajstić information content (AvgIpc) is 2.71. The van der Waals surface area contributed by atoms with Gasteiger partial charge in [0.2, 0.25) is 0 Å². The van der Waals surface area contributed by atoms with Gasteiger partial charge in [0.25, 0.3) is 0 Å². The zero-order chi connectivity index (χ0) is 11.8. The van der Waals surface area contributed by atoms with Gasteiger partial charge >= 0.3 is 0 Å². The summed E-state index contributed by atoms with van der Waals surface area (Å²) in [6, 6.07) is 1.54. The van der Waals surface area contributed by atoms with E-state index >= 15 is 0 Å². The van der Waals surface area contributed by atoms with E-state index < -0.39 is 0 Å². The Morgan fingerprint density at radius 3 is 2.59 bits per heavy atom. The highest BCUT2D eigenvalue weighted by Crippen LogP contribution is 2.31. The number of ether oxygens (including phenoxy) is 1. The van der Waals surface area contributed by atoms with Gasteiger partial charge in [-0.15, -0.1) is 0 Å². The largest absolute Gasteiger partial charge is 0.375 e. The summed E-state index contributed by atoms with van der Waals surface area (Å²) in [7, 11) is 0. The van der Waals surface area contributed by atoms with Crippen LogP contribution in [0, 0.1) is 5.92 Å². The first-order valence-electron chi connectivity index (χ1n) is 7.35. The summed E-state index contributed by atoms with van der Waals surface area (Å²) >= 11 is 0. The topological polar surface area (TPSA) is 24.5 Å². The quantitative estimate of drug-likeness (QED) is 0.751. The van der Waals surface area contributed by atoms with Crippen LogP contribution in [0.3, 0.4) is 0 Å². The van der Waals surface area contributed by atoms with E-state index in [1.54, 1.807) is 0 Å². The maximum Gasteiger partial charge on any atom is 0.0565 e. The Balaban J connectivity index is 1.61. The van der Waals surface area contributed by atoms with Crippen molar-refractivity contribution in [3.05, 3.63) is 0 Å². The number of fused-ring (bicyclic) bond motifs is 1. The molecule has 0 aromatic rings. The first kappa shape index (κ1) is 11.9. The molecule has 17 heavy (non-hydrogen) atoms. The van der Waals surface area contributed by atoms with Gasteiger partial charge in [0.05, 0.1) is 12.2 Å². The second-order valence-corrected chi connectivity index (χ2v) is 6.30. The lowest BCUT2D eigenvalue weighted by Gasteiger charge is -2.37. The van der Waals surface area contributed by atoms with Gasteiger partial charge in [-0.1, -0.05) is 0 Å². The van der Waals surface area contributed by atoms with Gasteiger partial charge in [0.15, 0.2) is 0 Å². The predicted octanol–water partition coefficient (Wildman–Crippen LogP) is 1.63. The molecule has 4 unspecified atom stereocenters. The molecule has 0 aromatic heterocycles. The monoisotopic (exact) mass is 238 g/mol. The summed E-state index contributed by atoms with van der Waals surface area (Å²) in [6.45, 7) is 8.28. The van der Waals surface area contributed by atoms with Crippen molar-refractivity contribution >= 4 is 0 Å². The lowest BCUT2D eigenvalue weighted by molar-refractivity contribution is -0.0623. The highest BCUT2D eigenvalue weighted by Gasteiger charge is 2.39. The SMILES string of the molecule is CC1CC(N2CC3CCCNC3C2)CC(C)O1. The molecule has 0 amide bonds. The molecule has 3 heteroatoms. The van der Waals surface area contributed by atoms with Gasteiger partial charge in [-0.3, -0.25) is 4.90 Å². The van der Waals surface area contributed by atoms with Crippen molar-refractivity contribution in [2.45, 2.75) is 63.8 Å². The van der Waals surface area contributed by atoms with E-state index in [1.165, 1.54) is 45.3 Å². The van der Waals surface area contributed by atoms with Crippen molar-refractivity contribution in [3.8, 4) is 0 Å². The molecular formula is C14H26N2O. The fraction of sp³-hybridized carbons (Fsp3) is 1.00. The first-order valence-corrected chi connectivity index (χ1v) is 7.35. The molecule has 3 heterocycles. The summed E-state index contributed by atoms with van der Waals surface area (Å²) in [5, 5.41) is 3.70. The Kier molecular flexibility index (Phi) is 3.42. The Morgan fingerprint density at radius 2 is 1.88 bits per heavy atom. The highest BCUT2D eigenvalue weighted by molar-refractivity contribution is 4.95. The van der Waals surface area contributed by atoms with Gasteiger partial charge in [-0.25, -0.2) is 0 Å². The molecule has 0 aromatic carbocycles. The fourth-order valence-corrected chi connectivity index (χ4v) is 4.05. The molecule has 0 bridgehead atoms. The van der Waals surface area contributed by atoms with E-state index in [9.17, 15) is 0 Å². The molecule has 3 nitrogen and oxygen atoms in total. The molecule has 0 saturated carbocycles. The number of hydrogen-bond donors (Lipinski definition) is 1. The van der Waals surface area contributed by atoms with Crippen LogP contribution in [0.4, 0.5) is 0 Å². The predicted molar refractivity (Wildman–Crippen MR) is 69.1 cm³/mol. The maximum absolute atomic E-state index is 5.85. The fourth-order valence-electron chi connectivity index (χ4n) is 4.05. The van der Waals surface area contributed by atoms with Crippen molar-refractivity contribution in [1.29, 1.82) is 0 Å². The molecule has 1 N–H and O–H groups in total. The van der Waals surface area contributed by atoms with E-state index in [-0.39, 0.29) is 0 Å². The average molecular weight is 238 g/mol. The van der Waals surface area contributed by atoms with Gasteiger partial charge in [0.1, 0.15) is 0 Å². The van der Waals surface area contributed by atoms with Crippen LogP contribution in [-0.2, 0) is 4.74 Å². The minimum atomic E-state index is 0.444. The summed E-state index contributed by atoms with van der Waals surface area (Å²) < 4.78 is 5.85. The van der Waals surface area contributed by atoms with E-state index in [0.717, 1.165) is 18.0 Å². The van der Waals surface area contributed by atoms with Crippen molar-refractivity contribution in [2.75, 3.05) is 19.6 Å². The number of likely N-dealkylation sites (tertiary alicyclic amines) is 1. The molecule has 0 radical (unpaired) electrons. The van der Waals surface area contributed by atoms with E-state index in [1.807, 2.05) is 0 Å². The third-order valence-electron chi connectivity index (χ3n) is 4.82. The molecule has 3 saturated heterocycles. The Labute approximate surface area is 105 Å². The smallest absolute Gasteiger partial charge is 0.0565 e. The number of rotatable bonds is 1. The molecule has 3 rings (SSSR count). The van der Waals surface area contributed by atoms with Crippen LogP contribution in [0.2, 0.25) is 0 Å². The summed E-state index contributed by atoms with van der Waals surface area (Å²) in [5.74, 6) is 0.914. The molecule has 4 atom stereocenters. The van der Waals surface area contributed by atoms with Crippen LogP contribution in [0.5, 0.6) is 0 Å². The lowest BCUT2D eigenvalue weighted by atomic mass is 9.94. The third-order valence-corrected chi connectivity index (χ3v) is 4.82. The molecule has 3 fully saturated rings. The number of nitrogens with zero attached hydrogens (tertiary/aromatic N) is 1. The molecule has 0 aliphatic carbocycles. The van der Waals surface area contributed by atoms with Crippen LogP contribution >= 0.6 is 0 Å². The highest BCUT2D eigenvalue weighted by atomic mass is 16.5. The Hall–Kier alpha value is -0.120. The normalized spacial score (nSPS) is 48.0. The molecule has 0 spiro atoms. The zero-order valence-corrected chi connectivity index (χ0v) is 11.2. The van der Waals surface area contributed by atoms with E-state index in [0.29, 0.717) is 12.2 Å². The number of piperidine rings is 1. The van der Waals surface area contributed by atoms with Gasteiger partial charge in [-0.05, 0) is 52.0 Å². The molecule has 3 aliphatic rings. The number of hydrogen-bond acceptors (Lipinski definition) is 3. The van der Waals surface area contributed by atoms with Crippen molar-refractivity contribution < 1.29 is 4.74 Å². The zero-order valence-electron chi connectivity index (χ0n) is 11.2. The van der Waals surface area contributed by atoms with Crippen LogP contribution < -0.4 is 5.32 Å². The van der Waals surface area contributed by atoms with Gasteiger partial charge in [-0.2, -0.15) is 0 Å². The minimum absolute atomic E-state index is 0.444. The van der Waals surface area contributed by atoms with Crippen molar-refractivity contribution in [2.24, 2.45) is 5.92 Å². The van der Waals surface area contributed by atoms with Crippen LogP contribution in [0.15, 0.2) is 0 Å². The van der Waals surface area contributed by atoms with Gasteiger partial charge in [0, 0.05) is 25.2 Å². The van der Waals surface area contributed by atoms with E-state index in [4.69, 9.17) is 4.74 Å². The summed E-state index contributed by atoms with van der Waals surface area (Å²) in [4.78, 5) is 2.74. The van der Waals surface area contributed by atoms with Crippen LogP contribution in [0.25, 0.3) is 0 Å². The first-order chi connectivity index (χ1) is 8.22. The minimum Gasteiger partial charge on any atom is -0.375 e. The standard InChI is InChI=1S/C14H26N2O/c1-10-6-13(7-11(2)17-10)16-8-12-4-3-5-15-14(12)9-16/h10-15H,3-9H2,1-2H3. The summed E-state index contributed by atoms with van der Waals surface area (Å²) in [5.41, 5.74) is 0. The van der Waals surface area contributed by atoms with Crippen LogP contribution in [-0.4, -0.2) is 48.8 Å². The Bertz CT molecular complexity index is 247. The summed E-state index contributed by atoms with van der Waals surface area (Å²) in [6.07, 6.45) is 6.14. The molecule has 98 valence electrons. The van der Waals surface area contributed by atoms with Crippen molar-refractivity contribution in [3.63, 3.8) is 0 Å². The Morgan fingerprint density at radius 1 is 1.12 bits per heavy atom. The second kappa shape index (κ2) is 4.87. The maximum atomic E-state index is 5.85. The van der Waals surface area contributed by atoms with Gasteiger partial charge < -0.3 is 10.1 Å². The van der Waals surface area contributed by atoms with Crippen LogP contribution in [0.1, 0.15) is 39.5 Å². The second-order valence-electron chi connectivity index (χ2n) is 6.30. The molecule has 3 aliphatic heterocycles. The number of nitrogens with one attached hydrogen (secondary N) is 1. The molecular weight excluding hydrogens is 212 g/mol. The van der Waals surface area contributed by atoms with E-state index in [2.05, 4.69) is 24.1 Å². The third kappa shape index (κ3) is 2.51. The lowest BCUT2D eigenvalue weighted by Crippen LogP contribution is -2.44.